The van der Waals surface area contributed by atoms with Gasteiger partial charge in [-0.05, 0) is 70.6 Å². The second-order valence-electron chi connectivity index (χ2n) is 13.7. The highest BCUT2D eigenvalue weighted by Gasteiger charge is 2.13. The van der Waals surface area contributed by atoms with Gasteiger partial charge < -0.3 is 14.6 Å². The Labute approximate surface area is 316 Å². The Balaban J connectivity index is 3.55. The van der Waals surface area contributed by atoms with Crippen molar-refractivity contribution in [2.24, 2.45) is 0 Å². The molecule has 0 aliphatic heterocycles. The van der Waals surface area contributed by atoms with Gasteiger partial charge in [0.25, 0.3) is 0 Å². The lowest BCUT2D eigenvalue weighted by Crippen LogP contribution is -2.27. The summed E-state index contributed by atoms with van der Waals surface area (Å²) in [5.41, 5.74) is 0. The highest BCUT2D eigenvalue weighted by Crippen LogP contribution is 2.13. The van der Waals surface area contributed by atoms with Gasteiger partial charge in [-0.1, -0.05) is 189 Å². The van der Waals surface area contributed by atoms with Gasteiger partial charge >= 0.3 is 5.97 Å². The SMILES string of the molecule is CC/C=C\C/C=C\C/C=C\C/C=C\C/C=C\C/C=C\C/C=C\CCCCCCOCC(CO)OC(=O)CCCCCCCCCCCCCCC. The van der Waals surface area contributed by atoms with Crippen LogP contribution in [0.15, 0.2) is 85.1 Å². The zero-order valence-corrected chi connectivity index (χ0v) is 33.3. The number of ether oxygens (including phenoxy) is 2. The zero-order valence-electron chi connectivity index (χ0n) is 33.3. The molecule has 0 radical (unpaired) electrons. The normalized spacial score (nSPS) is 13.2. The summed E-state index contributed by atoms with van der Waals surface area (Å²) in [6.45, 7) is 5.17. The fourth-order valence-corrected chi connectivity index (χ4v) is 5.60. The summed E-state index contributed by atoms with van der Waals surface area (Å²) >= 11 is 0. The lowest BCUT2D eigenvalue weighted by Gasteiger charge is -2.15. The second kappa shape index (κ2) is 43.7. The molecule has 0 spiro atoms. The van der Waals surface area contributed by atoms with Crippen molar-refractivity contribution >= 4 is 5.97 Å². The number of rotatable bonds is 38. The maximum Gasteiger partial charge on any atom is 0.306 e. The van der Waals surface area contributed by atoms with Gasteiger partial charge in [-0.3, -0.25) is 4.79 Å². The molecule has 1 atom stereocenters. The fourth-order valence-electron chi connectivity index (χ4n) is 5.60. The lowest BCUT2D eigenvalue weighted by atomic mass is 10.0. The quantitative estimate of drug-likeness (QED) is 0.0394. The molecule has 4 nitrogen and oxygen atoms in total. The van der Waals surface area contributed by atoms with Crippen molar-refractivity contribution in [1.29, 1.82) is 0 Å². The predicted octanol–water partition coefficient (Wildman–Crippen LogP) is 14.0. The lowest BCUT2D eigenvalue weighted by molar-refractivity contribution is -0.154. The Kier molecular flexibility index (Phi) is 41.6. The van der Waals surface area contributed by atoms with Gasteiger partial charge in [0.1, 0.15) is 6.10 Å². The molecule has 1 N–H and O–H groups in total. The molecular weight excluding hydrogens is 629 g/mol. The summed E-state index contributed by atoms with van der Waals surface area (Å²) in [5.74, 6) is -0.213. The summed E-state index contributed by atoms with van der Waals surface area (Å²) in [6.07, 6.45) is 60.7. The van der Waals surface area contributed by atoms with E-state index in [9.17, 15) is 9.90 Å². The van der Waals surface area contributed by atoms with E-state index in [2.05, 4.69) is 98.9 Å². The maximum atomic E-state index is 12.2. The number of carbonyl (C=O) groups excluding carboxylic acids is 1. The average Bonchev–Trinajstić information content (AvgIpc) is 3.14. The molecule has 292 valence electrons. The molecular formula is C47H80O4. The number of aliphatic hydroxyl groups excluding tert-OH is 1. The van der Waals surface area contributed by atoms with Crippen molar-refractivity contribution in [3.8, 4) is 0 Å². The van der Waals surface area contributed by atoms with E-state index in [1.54, 1.807) is 0 Å². The Morgan fingerprint density at radius 1 is 0.490 bits per heavy atom. The summed E-state index contributed by atoms with van der Waals surface area (Å²) in [5, 5.41) is 9.58. The minimum Gasteiger partial charge on any atom is -0.457 e. The molecule has 0 aromatic carbocycles. The van der Waals surface area contributed by atoms with Crippen LogP contribution in [0.5, 0.6) is 0 Å². The smallest absolute Gasteiger partial charge is 0.306 e. The summed E-state index contributed by atoms with van der Waals surface area (Å²) in [6, 6.07) is 0. The molecule has 0 fully saturated rings. The van der Waals surface area contributed by atoms with Crippen molar-refractivity contribution in [2.75, 3.05) is 19.8 Å². The monoisotopic (exact) mass is 709 g/mol. The van der Waals surface area contributed by atoms with Crippen LogP contribution in [0.4, 0.5) is 0 Å². The Hall–Kier alpha value is -2.43. The van der Waals surface area contributed by atoms with E-state index in [0.717, 1.165) is 77.0 Å². The molecule has 0 amide bonds. The highest BCUT2D eigenvalue weighted by atomic mass is 16.6. The van der Waals surface area contributed by atoms with Crippen LogP contribution < -0.4 is 0 Å². The third kappa shape index (κ3) is 41.9. The number of hydrogen-bond donors (Lipinski definition) is 1. The van der Waals surface area contributed by atoms with Crippen molar-refractivity contribution < 1.29 is 19.4 Å². The molecule has 1 unspecified atom stereocenters. The number of carbonyl (C=O) groups is 1. The molecule has 0 aliphatic carbocycles. The van der Waals surface area contributed by atoms with Gasteiger partial charge in [0.15, 0.2) is 0 Å². The van der Waals surface area contributed by atoms with Crippen LogP contribution in [0, 0.1) is 0 Å². The van der Waals surface area contributed by atoms with Crippen molar-refractivity contribution in [3.05, 3.63) is 85.1 Å². The standard InChI is InChI=1S/C47H80O4/c1-3-5-7-9-11-13-15-17-18-19-20-21-22-23-24-25-26-27-28-29-31-33-35-37-39-41-43-50-45-46(44-48)51-47(49)42-40-38-36-34-32-30-16-14-12-10-8-6-4-2/h5,7,11,13,17-18,20-21,23-24,26-27,29,31,46,48H,3-4,6,8-10,12,14-16,19,22,25,28,30,32-45H2,1-2H3/b7-5-,13-11-,18-17-,21-20-,24-23-,27-26-,31-29-. The van der Waals surface area contributed by atoms with Crippen LogP contribution in [-0.4, -0.2) is 37.0 Å². The molecule has 4 heteroatoms. The third-order valence-electron chi connectivity index (χ3n) is 8.73. The minimum atomic E-state index is -0.550. The first-order valence-electron chi connectivity index (χ1n) is 21.2. The van der Waals surface area contributed by atoms with Crippen LogP contribution in [0.3, 0.4) is 0 Å². The van der Waals surface area contributed by atoms with E-state index in [1.165, 1.54) is 83.5 Å². The first kappa shape index (κ1) is 48.6. The highest BCUT2D eigenvalue weighted by molar-refractivity contribution is 5.69. The zero-order chi connectivity index (χ0) is 37.0. The fraction of sp³-hybridized carbons (Fsp3) is 0.681. The first-order chi connectivity index (χ1) is 25.2. The second-order valence-corrected chi connectivity index (χ2v) is 13.7. The third-order valence-corrected chi connectivity index (χ3v) is 8.73. The number of hydrogen-bond acceptors (Lipinski definition) is 4. The van der Waals surface area contributed by atoms with Gasteiger partial charge in [-0.25, -0.2) is 0 Å². The van der Waals surface area contributed by atoms with E-state index in [-0.39, 0.29) is 19.2 Å². The molecule has 0 bridgehead atoms. The number of unbranched alkanes of at least 4 members (excludes halogenated alkanes) is 16. The molecule has 0 aromatic heterocycles. The van der Waals surface area contributed by atoms with Gasteiger partial charge in [0.05, 0.1) is 13.2 Å². The van der Waals surface area contributed by atoms with E-state index >= 15 is 0 Å². The largest absolute Gasteiger partial charge is 0.457 e. The number of allylic oxidation sites excluding steroid dienone is 14. The summed E-state index contributed by atoms with van der Waals surface area (Å²) in [7, 11) is 0. The van der Waals surface area contributed by atoms with Crippen molar-refractivity contribution in [2.45, 2.75) is 187 Å². The van der Waals surface area contributed by atoms with E-state index in [4.69, 9.17) is 9.47 Å². The van der Waals surface area contributed by atoms with E-state index in [1.807, 2.05) is 0 Å². The minimum absolute atomic E-state index is 0.185. The van der Waals surface area contributed by atoms with E-state index < -0.39 is 6.10 Å². The molecule has 0 saturated carbocycles. The Bertz CT molecular complexity index is 923. The maximum absolute atomic E-state index is 12.2. The molecule has 0 aliphatic rings. The summed E-state index contributed by atoms with van der Waals surface area (Å²) < 4.78 is 11.1. The van der Waals surface area contributed by atoms with Gasteiger partial charge in [-0.2, -0.15) is 0 Å². The molecule has 0 rings (SSSR count). The molecule has 0 saturated heterocycles. The molecule has 0 aromatic rings. The van der Waals surface area contributed by atoms with Crippen molar-refractivity contribution in [1.82, 2.24) is 0 Å². The van der Waals surface area contributed by atoms with Crippen LogP contribution in [0.2, 0.25) is 0 Å². The molecule has 51 heavy (non-hydrogen) atoms. The first-order valence-corrected chi connectivity index (χ1v) is 21.2. The van der Waals surface area contributed by atoms with Gasteiger partial charge in [0.2, 0.25) is 0 Å². The van der Waals surface area contributed by atoms with Crippen LogP contribution in [0.25, 0.3) is 0 Å². The average molecular weight is 709 g/mol. The van der Waals surface area contributed by atoms with Gasteiger partial charge in [0, 0.05) is 13.0 Å². The topological polar surface area (TPSA) is 55.8 Å². The van der Waals surface area contributed by atoms with Gasteiger partial charge in [-0.15, -0.1) is 0 Å². The Morgan fingerprint density at radius 2 is 0.882 bits per heavy atom. The van der Waals surface area contributed by atoms with Crippen molar-refractivity contribution in [3.63, 3.8) is 0 Å². The molecule has 0 heterocycles. The number of aliphatic hydroxyl groups is 1. The predicted molar refractivity (Wildman–Crippen MR) is 223 cm³/mol. The van der Waals surface area contributed by atoms with Crippen LogP contribution >= 0.6 is 0 Å². The van der Waals surface area contributed by atoms with Crippen LogP contribution in [-0.2, 0) is 14.3 Å². The Morgan fingerprint density at radius 3 is 1.33 bits per heavy atom. The summed E-state index contributed by atoms with van der Waals surface area (Å²) in [4.78, 5) is 12.2. The number of esters is 1. The van der Waals surface area contributed by atoms with E-state index in [0.29, 0.717) is 13.0 Å². The van der Waals surface area contributed by atoms with Crippen LogP contribution in [0.1, 0.15) is 181 Å².